The van der Waals surface area contributed by atoms with E-state index in [1.54, 1.807) is 0 Å². The third-order valence-corrected chi connectivity index (χ3v) is 13.4. The second-order valence-corrected chi connectivity index (χ2v) is 21.2. The molecule has 83 heavy (non-hydrogen) atoms. The van der Waals surface area contributed by atoms with Gasteiger partial charge < -0.3 is 14.2 Å². The van der Waals surface area contributed by atoms with Crippen molar-refractivity contribution in [3.8, 4) is 0 Å². The van der Waals surface area contributed by atoms with E-state index in [4.69, 9.17) is 14.2 Å². The molecule has 0 spiro atoms. The Balaban J connectivity index is 4.53. The lowest BCUT2D eigenvalue weighted by atomic mass is 10.1. The van der Waals surface area contributed by atoms with Gasteiger partial charge in [-0.25, -0.2) is 0 Å². The topological polar surface area (TPSA) is 78.9 Å². The van der Waals surface area contributed by atoms with Crippen molar-refractivity contribution in [2.45, 2.75) is 271 Å². The van der Waals surface area contributed by atoms with Crippen LogP contribution in [0.15, 0.2) is 182 Å². The number of allylic oxidation sites excluding steroid dienone is 30. The van der Waals surface area contributed by atoms with E-state index in [0.717, 1.165) is 180 Å². The second-order valence-electron chi connectivity index (χ2n) is 21.2. The Bertz CT molecular complexity index is 1940. The van der Waals surface area contributed by atoms with Crippen molar-refractivity contribution in [3.63, 3.8) is 0 Å². The van der Waals surface area contributed by atoms with E-state index in [1.807, 2.05) is 0 Å². The van der Waals surface area contributed by atoms with Crippen LogP contribution < -0.4 is 0 Å². The molecule has 1 atom stereocenters. The SMILES string of the molecule is CC/C=C\C/C=C\C/C=C\C/C=C\C/C=C\C/C=C\CCCCCCCCC(=O)OCC(COC(=O)CCCCC/C=C\C/C=C\C/C=C\C/C=C\C/C=C\CC)OC(=O)CCCCCCCCCC/C=C\C/C=C\C/C=C\C/C=C\CC. The molecule has 0 aromatic rings. The number of rotatable bonds is 58. The van der Waals surface area contributed by atoms with Gasteiger partial charge in [-0.05, 0) is 154 Å². The van der Waals surface area contributed by atoms with E-state index in [-0.39, 0.29) is 31.1 Å². The highest BCUT2D eigenvalue weighted by Crippen LogP contribution is 2.14. The first-order chi connectivity index (χ1) is 41.0. The van der Waals surface area contributed by atoms with Gasteiger partial charge in [0.15, 0.2) is 6.10 Å². The lowest BCUT2D eigenvalue weighted by molar-refractivity contribution is -0.167. The molecule has 1 unspecified atom stereocenters. The average molecular weight is 1140 g/mol. The first kappa shape index (κ1) is 77.5. The maximum absolute atomic E-state index is 13.0. The zero-order valence-corrected chi connectivity index (χ0v) is 53.1. The molecule has 0 saturated carbocycles. The van der Waals surface area contributed by atoms with Crippen LogP contribution in [0.2, 0.25) is 0 Å². The third kappa shape index (κ3) is 67.2. The van der Waals surface area contributed by atoms with E-state index in [9.17, 15) is 14.4 Å². The first-order valence-electron chi connectivity index (χ1n) is 33.3. The van der Waals surface area contributed by atoms with Gasteiger partial charge >= 0.3 is 17.9 Å². The van der Waals surface area contributed by atoms with E-state index >= 15 is 0 Å². The zero-order chi connectivity index (χ0) is 59.9. The summed E-state index contributed by atoms with van der Waals surface area (Å²) in [4.78, 5) is 38.4. The molecule has 0 aromatic heterocycles. The molecule has 0 rings (SSSR count). The van der Waals surface area contributed by atoms with Gasteiger partial charge in [0.05, 0.1) is 0 Å². The Kier molecular flexibility index (Phi) is 64.4. The van der Waals surface area contributed by atoms with Crippen molar-refractivity contribution in [1.29, 1.82) is 0 Å². The van der Waals surface area contributed by atoms with Crippen molar-refractivity contribution < 1.29 is 28.6 Å². The highest BCUT2D eigenvalue weighted by atomic mass is 16.6. The molecule has 0 N–H and O–H groups in total. The van der Waals surface area contributed by atoms with Gasteiger partial charge in [0, 0.05) is 19.3 Å². The van der Waals surface area contributed by atoms with Crippen molar-refractivity contribution in [1.82, 2.24) is 0 Å². The minimum atomic E-state index is -0.816. The molecular formula is C77H120O6. The summed E-state index contributed by atoms with van der Waals surface area (Å²) >= 11 is 0. The molecular weight excluding hydrogens is 1020 g/mol. The van der Waals surface area contributed by atoms with Gasteiger partial charge in [-0.2, -0.15) is 0 Å². The third-order valence-electron chi connectivity index (χ3n) is 13.4. The minimum Gasteiger partial charge on any atom is -0.462 e. The summed E-state index contributed by atoms with van der Waals surface area (Å²) in [6.07, 6.45) is 103. The van der Waals surface area contributed by atoms with Gasteiger partial charge in [-0.1, -0.05) is 274 Å². The summed E-state index contributed by atoms with van der Waals surface area (Å²) in [5.41, 5.74) is 0. The van der Waals surface area contributed by atoms with Crippen LogP contribution in [0, 0.1) is 0 Å². The maximum atomic E-state index is 13.0. The summed E-state index contributed by atoms with van der Waals surface area (Å²) in [7, 11) is 0. The van der Waals surface area contributed by atoms with Crippen LogP contribution >= 0.6 is 0 Å². The van der Waals surface area contributed by atoms with Gasteiger partial charge in [0.1, 0.15) is 13.2 Å². The molecule has 0 aliphatic rings. The van der Waals surface area contributed by atoms with E-state index < -0.39 is 6.10 Å². The molecule has 0 amide bonds. The Morgan fingerprint density at radius 1 is 0.241 bits per heavy atom. The number of unbranched alkanes of at least 4 members (excludes halogenated alkanes) is 17. The molecule has 0 radical (unpaired) electrons. The number of hydrogen-bond donors (Lipinski definition) is 0. The summed E-state index contributed by atoms with van der Waals surface area (Å²) in [5.74, 6) is -0.967. The lowest BCUT2D eigenvalue weighted by Crippen LogP contribution is -2.30. The standard InChI is InChI=1S/C77H120O6/c1-4-7-10-13-16-19-22-25-28-31-34-36-37-38-39-41-43-46-49-52-55-58-61-64-67-70-76(79)82-73-74(72-81-75(78)69-66-63-60-57-54-51-48-45-42-33-30-27-24-21-18-15-12-9-6-3)83-77(80)71-68-65-62-59-56-53-50-47-44-40-35-32-29-26-23-20-17-14-11-8-5-2/h7-12,16-21,25-30,34-36,38-40,42-43,45-46,51,54,74H,4-6,13-15,22-24,31-33,37,41,44,47-50,52-53,55-73H2,1-3H3/b10-7-,11-8-,12-9-,19-16-,20-17-,21-18-,28-25-,29-26-,30-27-,36-34-,39-38-,40-35-,45-42-,46-43-,54-51-. The fraction of sp³-hybridized carbons (Fsp3) is 0.571. The van der Waals surface area contributed by atoms with Gasteiger partial charge in [-0.3, -0.25) is 14.4 Å². The fourth-order valence-electron chi connectivity index (χ4n) is 8.52. The first-order valence-corrected chi connectivity index (χ1v) is 33.3. The molecule has 6 heteroatoms. The minimum absolute atomic E-state index is 0.109. The molecule has 0 saturated heterocycles. The summed E-state index contributed by atoms with van der Waals surface area (Å²) < 4.78 is 16.9. The molecule has 0 bridgehead atoms. The Labute approximate surface area is 510 Å². The summed E-state index contributed by atoms with van der Waals surface area (Å²) in [6.45, 7) is 6.25. The fourth-order valence-corrected chi connectivity index (χ4v) is 8.52. The average Bonchev–Trinajstić information content (AvgIpc) is 3.50. The van der Waals surface area contributed by atoms with Crippen LogP contribution in [-0.2, 0) is 28.6 Å². The highest BCUT2D eigenvalue weighted by molar-refractivity contribution is 5.71. The number of carbonyl (C=O) groups is 3. The van der Waals surface area contributed by atoms with Crippen LogP contribution in [0.5, 0.6) is 0 Å². The van der Waals surface area contributed by atoms with Crippen molar-refractivity contribution in [2.75, 3.05) is 13.2 Å². The van der Waals surface area contributed by atoms with Crippen LogP contribution in [-0.4, -0.2) is 37.2 Å². The monoisotopic (exact) mass is 1140 g/mol. The summed E-state index contributed by atoms with van der Waals surface area (Å²) in [6, 6.07) is 0. The molecule has 464 valence electrons. The molecule has 6 nitrogen and oxygen atoms in total. The highest BCUT2D eigenvalue weighted by Gasteiger charge is 2.19. The van der Waals surface area contributed by atoms with E-state index in [2.05, 4.69) is 203 Å². The molecule has 0 aromatic carbocycles. The van der Waals surface area contributed by atoms with Crippen LogP contribution in [0.25, 0.3) is 0 Å². The molecule has 0 aliphatic heterocycles. The Morgan fingerprint density at radius 3 is 0.687 bits per heavy atom. The van der Waals surface area contributed by atoms with Gasteiger partial charge in [0.2, 0.25) is 0 Å². The number of carbonyl (C=O) groups excluding carboxylic acids is 3. The summed E-state index contributed by atoms with van der Waals surface area (Å²) in [5, 5.41) is 0. The number of esters is 3. The lowest BCUT2D eigenvalue weighted by Gasteiger charge is -2.18. The van der Waals surface area contributed by atoms with Gasteiger partial charge in [0.25, 0.3) is 0 Å². The molecule has 0 aliphatic carbocycles. The van der Waals surface area contributed by atoms with Crippen molar-refractivity contribution >= 4 is 17.9 Å². The maximum Gasteiger partial charge on any atom is 0.306 e. The van der Waals surface area contributed by atoms with Crippen LogP contribution in [0.4, 0.5) is 0 Å². The van der Waals surface area contributed by atoms with Gasteiger partial charge in [-0.15, -0.1) is 0 Å². The van der Waals surface area contributed by atoms with Crippen LogP contribution in [0.1, 0.15) is 265 Å². The zero-order valence-electron chi connectivity index (χ0n) is 53.1. The largest absolute Gasteiger partial charge is 0.462 e. The van der Waals surface area contributed by atoms with E-state index in [1.165, 1.54) is 44.9 Å². The Morgan fingerprint density at radius 2 is 0.434 bits per heavy atom. The van der Waals surface area contributed by atoms with Crippen LogP contribution in [0.3, 0.4) is 0 Å². The Hall–Kier alpha value is -5.49. The van der Waals surface area contributed by atoms with E-state index in [0.29, 0.717) is 19.3 Å². The molecule has 0 heterocycles. The van der Waals surface area contributed by atoms with Crippen molar-refractivity contribution in [3.05, 3.63) is 182 Å². The van der Waals surface area contributed by atoms with Crippen molar-refractivity contribution in [2.24, 2.45) is 0 Å². The predicted octanol–water partition coefficient (Wildman–Crippen LogP) is 23.2. The normalized spacial score (nSPS) is 13.3. The second kappa shape index (κ2) is 69.0. The number of ether oxygens (including phenoxy) is 3. The number of hydrogen-bond acceptors (Lipinski definition) is 6. The molecule has 0 fully saturated rings. The smallest absolute Gasteiger partial charge is 0.306 e. The predicted molar refractivity (Wildman–Crippen MR) is 361 cm³/mol. The quantitative estimate of drug-likeness (QED) is 0.0261.